The molecule has 0 aromatic rings. The molecule has 36 heavy (non-hydrogen) atoms. The number of hydrogen-bond acceptors (Lipinski definition) is 5. The number of nitrogens with zero attached hydrogens (tertiary/aromatic N) is 3. The van der Waals surface area contributed by atoms with Gasteiger partial charge in [-0.15, -0.1) is 0 Å². The molecule has 0 amide bonds. The summed E-state index contributed by atoms with van der Waals surface area (Å²) in [5, 5.41) is 10.6. The normalized spacial score (nSPS) is 29.6. The van der Waals surface area contributed by atoms with Crippen molar-refractivity contribution in [1.82, 2.24) is 16.0 Å². The maximum Gasteiger partial charge on any atom is 0.104 e. The van der Waals surface area contributed by atoms with Gasteiger partial charge in [0.1, 0.15) is 5.84 Å². The summed E-state index contributed by atoms with van der Waals surface area (Å²) >= 11 is 0. The molecule has 4 atom stereocenters. The zero-order chi connectivity index (χ0) is 26.3. The Hall–Kier alpha value is -2.99. The molecule has 2 rings (SSSR count). The standard InChI is InChI=1S/C30H46N6/c1-22-13-9-8-10-14-24(3)36-30(34-20-22)27-15-11-12-16-28(32-7)29(18-17-27)33-21-23(2)19-25(4)35-26(5)31-6/h8,10,12-13,16-19,24,27-29,33H,2,7,9,11,14-15,20-21H2,1,3-6H3,(H,31,35)(H,34,36)/b10-8-,16-12?,18-17-,22-13+,25-19+. The van der Waals surface area contributed by atoms with Crippen molar-refractivity contribution in [2.45, 2.75) is 71.5 Å². The van der Waals surface area contributed by atoms with Gasteiger partial charge < -0.3 is 16.0 Å². The summed E-state index contributed by atoms with van der Waals surface area (Å²) in [5.41, 5.74) is 3.30. The van der Waals surface area contributed by atoms with Crippen LogP contribution in [0.25, 0.3) is 0 Å². The molecule has 0 saturated carbocycles. The van der Waals surface area contributed by atoms with Gasteiger partial charge in [-0.2, -0.15) is 0 Å². The quantitative estimate of drug-likeness (QED) is 0.196. The van der Waals surface area contributed by atoms with Gasteiger partial charge in [0.25, 0.3) is 0 Å². The molecule has 0 fully saturated rings. The minimum absolute atomic E-state index is 0.0158. The lowest BCUT2D eigenvalue weighted by Crippen LogP contribution is -2.39. The van der Waals surface area contributed by atoms with Crippen molar-refractivity contribution in [3.63, 3.8) is 0 Å². The van der Waals surface area contributed by atoms with Crippen LogP contribution in [0.5, 0.6) is 0 Å². The van der Waals surface area contributed by atoms with E-state index < -0.39 is 0 Å². The zero-order valence-corrected chi connectivity index (χ0v) is 22.9. The van der Waals surface area contributed by atoms with Gasteiger partial charge in [0.2, 0.25) is 0 Å². The molecule has 0 aromatic carbocycles. The highest BCUT2D eigenvalue weighted by atomic mass is 15.0. The van der Waals surface area contributed by atoms with Crippen molar-refractivity contribution in [2.24, 2.45) is 20.9 Å². The molecule has 0 bridgehead atoms. The molecular formula is C30H46N6. The van der Waals surface area contributed by atoms with E-state index in [2.05, 4.69) is 95.6 Å². The van der Waals surface area contributed by atoms with E-state index in [1.807, 2.05) is 19.9 Å². The summed E-state index contributed by atoms with van der Waals surface area (Å²) in [6, 6.07) is 0.309. The average molecular weight is 491 g/mol. The summed E-state index contributed by atoms with van der Waals surface area (Å²) in [6.45, 7) is 17.8. The number of amidine groups is 2. The van der Waals surface area contributed by atoms with E-state index in [0.717, 1.165) is 55.2 Å². The van der Waals surface area contributed by atoms with Gasteiger partial charge in [-0.1, -0.05) is 54.7 Å². The number of aliphatic imine (C=N–C) groups is 3. The predicted octanol–water partition coefficient (Wildman–Crippen LogP) is 5.31. The number of allylic oxidation sites excluding steroid dienone is 4. The fourth-order valence-electron chi connectivity index (χ4n) is 4.19. The van der Waals surface area contributed by atoms with E-state index in [1.54, 1.807) is 7.05 Å². The lowest BCUT2D eigenvalue weighted by Gasteiger charge is -2.23. The highest BCUT2D eigenvalue weighted by Gasteiger charge is 2.20. The SMILES string of the molecule is C=NC1C=CCCC(C2=NC/C(C)=C/C/C=C\CC(C)N2)/C=C\C1NCC(=C)/C=C(\C)NC(C)=NC. The second kappa shape index (κ2) is 15.9. The molecule has 196 valence electrons. The summed E-state index contributed by atoms with van der Waals surface area (Å²) in [6.07, 6.45) is 21.7. The third kappa shape index (κ3) is 10.7. The number of hydrogen-bond donors (Lipinski definition) is 3. The van der Waals surface area contributed by atoms with Crippen LogP contribution in [-0.2, 0) is 0 Å². The fraction of sp³-hybridized carbons (Fsp3) is 0.500. The molecule has 6 nitrogen and oxygen atoms in total. The zero-order valence-electron chi connectivity index (χ0n) is 22.9. The Morgan fingerprint density at radius 2 is 2.03 bits per heavy atom. The molecule has 1 aliphatic heterocycles. The summed E-state index contributed by atoms with van der Waals surface area (Å²) < 4.78 is 0. The maximum atomic E-state index is 5.03. The van der Waals surface area contributed by atoms with Crippen LogP contribution in [0.2, 0.25) is 0 Å². The van der Waals surface area contributed by atoms with Crippen molar-refractivity contribution in [3.05, 3.63) is 72.0 Å². The van der Waals surface area contributed by atoms with Crippen LogP contribution < -0.4 is 16.0 Å². The van der Waals surface area contributed by atoms with Gasteiger partial charge in [0, 0.05) is 31.2 Å². The Balaban J connectivity index is 2.19. The Morgan fingerprint density at radius 3 is 2.78 bits per heavy atom. The van der Waals surface area contributed by atoms with Crippen molar-refractivity contribution in [2.75, 3.05) is 20.1 Å². The summed E-state index contributed by atoms with van der Waals surface area (Å²) in [7, 11) is 1.77. The molecule has 0 spiro atoms. The molecule has 0 aromatic heterocycles. The second-order valence-electron chi connectivity index (χ2n) is 9.74. The molecule has 1 heterocycles. The largest absolute Gasteiger partial charge is 0.371 e. The van der Waals surface area contributed by atoms with Crippen molar-refractivity contribution >= 4 is 18.4 Å². The summed E-state index contributed by atoms with van der Waals surface area (Å²) in [5.74, 6) is 2.16. The molecule has 0 radical (unpaired) electrons. The van der Waals surface area contributed by atoms with Crippen LogP contribution in [0.15, 0.2) is 87.0 Å². The highest BCUT2D eigenvalue weighted by molar-refractivity contribution is 5.86. The Kier molecular flexibility index (Phi) is 12.9. The monoisotopic (exact) mass is 490 g/mol. The molecule has 3 N–H and O–H groups in total. The smallest absolute Gasteiger partial charge is 0.104 e. The maximum absolute atomic E-state index is 5.03. The minimum Gasteiger partial charge on any atom is -0.371 e. The molecule has 6 heteroatoms. The fourth-order valence-corrected chi connectivity index (χ4v) is 4.19. The highest BCUT2D eigenvalue weighted by Crippen LogP contribution is 2.18. The first-order chi connectivity index (χ1) is 17.3. The van der Waals surface area contributed by atoms with E-state index in [-0.39, 0.29) is 18.0 Å². The van der Waals surface area contributed by atoms with Gasteiger partial charge in [-0.3, -0.25) is 15.0 Å². The molecule has 0 saturated heterocycles. The van der Waals surface area contributed by atoms with E-state index in [0.29, 0.717) is 12.6 Å². The second-order valence-corrected chi connectivity index (χ2v) is 9.74. The third-order valence-corrected chi connectivity index (χ3v) is 6.31. The van der Waals surface area contributed by atoms with Crippen molar-refractivity contribution in [1.29, 1.82) is 0 Å². The first-order valence-corrected chi connectivity index (χ1v) is 13.0. The van der Waals surface area contributed by atoms with Gasteiger partial charge in [-0.05, 0) is 71.7 Å². The van der Waals surface area contributed by atoms with Crippen LogP contribution in [0.4, 0.5) is 0 Å². The van der Waals surface area contributed by atoms with E-state index in [9.17, 15) is 0 Å². The lowest BCUT2D eigenvalue weighted by atomic mass is 9.99. The van der Waals surface area contributed by atoms with Crippen molar-refractivity contribution < 1.29 is 0 Å². The van der Waals surface area contributed by atoms with E-state index in [1.165, 1.54) is 5.57 Å². The van der Waals surface area contributed by atoms with Gasteiger partial charge in [-0.25, -0.2) is 0 Å². The van der Waals surface area contributed by atoms with E-state index >= 15 is 0 Å². The predicted molar refractivity (Wildman–Crippen MR) is 158 cm³/mol. The van der Waals surface area contributed by atoms with Crippen LogP contribution >= 0.6 is 0 Å². The van der Waals surface area contributed by atoms with Gasteiger partial charge >= 0.3 is 0 Å². The van der Waals surface area contributed by atoms with Crippen LogP contribution in [0.1, 0.15) is 53.4 Å². The first-order valence-electron chi connectivity index (χ1n) is 13.0. The van der Waals surface area contributed by atoms with Crippen LogP contribution in [0.3, 0.4) is 0 Å². The van der Waals surface area contributed by atoms with Gasteiger partial charge in [0.05, 0.1) is 24.5 Å². The number of rotatable bonds is 7. The molecule has 4 unspecified atom stereocenters. The van der Waals surface area contributed by atoms with Crippen LogP contribution in [-0.4, -0.2) is 56.7 Å². The molecule has 2 aliphatic rings. The molecular weight excluding hydrogens is 444 g/mol. The Morgan fingerprint density at radius 1 is 1.22 bits per heavy atom. The first kappa shape index (κ1) is 29.2. The summed E-state index contributed by atoms with van der Waals surface area (Å²) in [4.78, 5) is 13.6. The molecule has 1 aliphatic carbocycles. The van der Waals surface area contributed by atoms with Crippen molar-refractivity contribution in [3.8, 4) is 0 Å². The Labute approximate surface area is 219 Å². The lowest BCUT2D eigenvalue weighted by molar-refractivity contribution is 0.573. The van der Waals surface area contributed by atoms with E-state index in [4.69, 9.17) is 4.99 Å². The Bertz CT molecular complexity index is 946. The van der Waals surface area contributed by atoms with Gasteiger partial charge in [0.15, 0.2) is 0 Å². The topological polar surface area (TPSA) is 73.2 Å². The third-order valence-electron chi connectivity index (χ3n) is 6.31. The number of nitrogens with one attached hydrogen (secondary N) is 3. The van der Waals surface area contributed by atoms with Crippen LogP contribution in [0, 0.1) is 5.92 Å². The minimum atomic E-state index is -0.0397. The average Bonchev–Trinajstić information content (AvgIpc) is 2.92.